The number of nitrogens with two attached hydrogens (primary N) is 1. The van der Waals surface area contributed by atoms with Gasteiger partial charge in [0.25, 0.3) is 11.8 Å². The Bertz CT molecular complexity index is 1110. The summed E-state index contributed by atoms with van der Waals surface area (Å²) >= 11 is 5.51. The summed E-state index contributed by atoms with van der Waals surface area (Å²) in [6.07, 6.45) is 1.75. The Morgan fingerprint density at radius 1 is 1.29 bits per heavy atom. The Morgan fingerprint density at radius 2 is 1.97 bits per heavy atom. The van der Waals surface area contributed by atoms with E-state index in [1.54, 1.807) is 7.11 Å². The van der Waals surface area contributed by atoms with Gasteiger partial charge >= 0.3 is 0 Å². The van der Waals surface area contributed by atoms with E-state index in [4.69, 9.17) is 17.3 Å². The number of halogens is 3. The second-order valence-corrected chi connectivity index (χ2v) is 7.67. The van der Waals surface area contributed by atoms with Crippen LogP contribution in [-0.4, -0.2) is 59.7 Å². The van der Waals surface area contributed by atoms with Crippen LogP contribution in [0.5, 0.6) is 5.75 Å². The zero-order valence-electron chi connectivity index (χ0n) is 18.9. The van der Waals surface area contributed by atoms with Gasteiger partial charge in [-0.15, -0.1) is 0 Å². The minimum Gasteiger partial charge on any atom is -0.503 e. The number of pyridine rings is 1. The lowest BCUT2D eigenvalue weighted by Crippen LogP contribution is -2.43. The number of benzene rings is 1. The Balaban J connectivity index is 0.000000945. The van der Waals surface area contributed by atoms with Crippen molar-refractivity contribution in [2.75, 3.05) is 33.4 Å². The molecule has 0 saturated carbocycles. The van der Waals surface area contributed by atoms with Crippen LogP contribution in [0.3, 0.4) is 0 Å². The first-order valence-electron chi connectivity index (χ1n) is 10.5. The van der Waals surface area contributed by atoms with Crippen LogP contribution >= 0.6 is 11.6 Å². The molecule has 0 fully saturated rings. The van der Waals surface area contributed by atoms with Gasteiger partial charge < -0.3 is 30.4 Å². The van der Waals surface area contributed by atoms with Crippen molar-refractivity contribution in [2.24, 2.45) is 5.73 Å². The van der Waals surface area contributed by atoms with E-state index >= 15 is 0 Å². The molecule has 2 amide bonds. The van der Waals surface area contributed by atoms with E-state index in [0.29, 0.717) is 26.1 Å². The average molecular weight is 501 g/mol. The second kappa shape index (κ2) is 12.4. The number of nitrogens with one attached hydrogen (secondary N) is 1. The van der Waals surface area contributed by atoms with E-state index < -0.39 is 45.2 Å². The van der Waals surface area contributed by atoms with Gasteiger partial charge in [-0.2, -0.15) is 0 Å². The number of fused-ring (bicyclic) bond motifs is 1. The van der Waals surface area contributed by atoms with Crippen LogP contribution in [0, 0.1) is 11.6 Å². The summed E-state index contributed by atoms with van der Waals surface area (Å²) in [4.78, 5) is 39.0. The van der Waals surface area contributed by atoms with E-state index in [1.807, 2.05) is 6.92 Å². The normalized spacial score (nSPS) is 12.6. The molecule has 2 aromatic rings. The molecule has 186 valence electrons. The fraction of sp³-hybridized carbons (Fsp3) is 0.409. The number of carbonyl (C=O) groups is 2. The number of amides is 2. The molecule has 1 aromatic heterocycles. The van der Waals surface area contributed by atoms with Crippen LogP contribution in [0.15, 0.2) is 23.1 Å². The average Bonchev–Trinajstić information content (AvgIpc) is 2.83. The zero-order chi connectivity index (χ0) is 25.4. The van der Waals surface area contributed by atoms with Crippen molar-refractivity contribution in [3.8, 4) is 5.75 Å². The molecule has 0 saturated heterocycles. The standard InChI is InChI=1S/C19H19ClF2N4O4.C3H8O/c20-13-12(21)3-2-10(14(13)22)8-24-18(29)11-9-26-7-6-25(5-1-4-23)19(30)15(26)17(28)16(11)27;1-3-4-2/h2-3,9,28H,1,4-8,23H2,(H,24,29);3H2,1-2H3. The summed E-state index contributed by atoms with van der Waals surface area (Å²) in [5.41, 5.74) is 3.74. The van der Waals surface area contributed by atoms with Crippen LogP contribution in [0.2, 0.25) is 5.02 Å². The van der Waals surface area contributed by atoms with Crippen molar-refractivity contribution in [1.29, 1.82) is 0 Å². The molecule has 0 bridgehead atoms. The van der Waals surface area contributed by atoms with Crippen LogP contribution in [0.25, 0.3) is 0 Å². The van der Waals surface area contributed by atoms with E-state index in [9.17, 15) is 28.3 Å². The second-order valence-electron chi connectivity index (χ2n) is 7.29. The van der Waals surface area contributed by atoms with E-state index in [0.717, 1.165) is 18.7 Å². The quantitative estimate of drug-likeness (QED) is 0.498. The maximum Gasteiger partial charge on any atom is 0.274 e. The largest absolute Gasteiger partial charge is 0.503 e. The van der Waals surface area contributed by atoms with Crippen LogP contribution in [0.1, 0.15) is 39.8 Å². The highest BCUT2D eigenvalue weighted by atomic mass is 35.5. The Kier molecular flexibility index (Phi) is 9.97. The van der Waals surface area contributed by atoms with Crippen molar-refractivity contribution in [2.45, 2.75) is 26.4 Å². The van der Waals surface area contributed by atoms with Gasteiger partial charge in [-0.05, 0) is 26.0 Å². The van der Waals surface area contributed by atoms with Crippen LogP contribution in [0.4, 0.5) is 8.78 Å². The van der Waals surface area contributed by atoms with Gasteiger partial charge in [0.05, 0.1) is 0 Å². The molecule has 3 rings (SSSR count). The molecule has 0 unspecified atom stereocenters. The van der Waals surface area contributed by atoms with Gasteiger partial charge in [0, 0.05) is 51.7 Å². The van der Waals surface area contributed by atoms with Gasteiger partial charge in [-0.1, -0.05) is 17.7 Å². The molecular weight excluding hydrogens is 474 g/mol. The molecule has 0 radical (unpaired) electrons. The molecule has 0 atom stereocenters. The van der Waals surface area contributed by atoms with E-state index in [-0.39, 0.29) is 24.3 Å². The van der Waals surface area contributed by atoms with Gasteiger partial charge in [-0.3, -0.25) is 14.4 Å². The predicted octanol–water partition coefficient (Wildman–Crippen LogP) is 1.87. The molecule has 0 spiro atoms. The highest BCUT2D eigenvalue weighted by molar-refractivity contribution is 6.30. The highest BCUT2D eigenvalue weighted by Gasteiger charge is 2.30. The number of nitrogens with zero attached hydrogens (tertiary/aromatic N) is 2. The topological polar surface area (TPSA) is 127 Å². The zero-order valence-corrected chi connectivity index (χ0v) is 19.6. The fourth-order valence-corrected chi connectivity index (χ4v) is 3.35. The van der Waals surface area contributed by atoms with Gasteiger partial charge in [0.2, 0.25) is 5.43 Å². The lowest BCUT2D eigenvalue weighted by atomic mass is 10.1. The molecule has 12 heteroatoms. The Labute approximate surface area is 200 Å². The molecule has 2 heterocycles. The highest BCUT2D eigenvalue weighted by Crippen LogP contribution is 2.23. The van der Waals surface area contributed by atoms with Crippen molar-refractivity contribution in [3.63, 3.8) is 0 Å². The monoisotopic (exact) mass is 500 g/mol. The molecule has 1 aromatic carbocycles. The van der Waals surface area contributed by atoms with Crippen LogP contribution < -0.4 is 16.5 Å². The molecule has 34 heavy (non-hydrogen) atoms. The number of ether oxygens (including phenoxy) is 1. The first kappa shape index (κ1) is 27.2. The van der Waals surface area contributed by atoms with Crippen molar-refractivity contribution < 1.29 is 28.2 Å². The number of rotatable bonds is 7. The van der Waals surface area contributed by atoms with Gasteiger partial charge in [0.15, 0.2) is 11.4 Å². The first-order chi connectivity index (χ1) is 16.2. The number of hydrogen-bond acceptors (Lipinski definition) is 6. The fourth-order valence-electron chi connectivity index (χ4n) is 3.16. The third kappa shape index (κ3) is 6.10. The van der Waals surface area contributed by atoms with Crippen molar-refractivity contribution >= 4 is 23.4 Å². The minimum absolute atomic E-state index is 0.0808. The lowest BCUT2D eigenvalue weighted by molar-refractivity contribution is 0.0694. The number of aromatic hydroxyl groups is 1. The number of carbonyl (C=O) groups excluding carboxylic acids is 2. The third-order valence-electron chi connectivity index (χ3n) is 5.08. The molecule has 1 aliphatic rings. The summed E-state index contributed by atoms with van der Waals surface area (Å²) in [7, 11) is 1.68. The number of aromatic nitrogens is 1. The predicted molar refractivity (Wildman–Crippen MR) is 122 cm³/mol. The van der Waals surface area contributed by atoms with Gasteiger partial charge in [0.1, 0.15) is 22.2 Å². The third-order valence-corrected chi connectivity index (χ3v) is 5.42. The summed E-state index contributed by atoms with van der Waals surface area (Å²) in [6, 6.07) is 2.07. The molecular formula is C22H27ClF2N4O5. The maximum absolute atomic E-state index is 14.0. The van der Waals surface area contributed by atoms with Crippen molar-refractivity contribution in [3.05, 3.63) is 62.0 Å². The van der Waals surface area contributed by atoms with E-state index in [2.05, 4.69) is 10.1 Å². The summed E-state index contributed by atoms with van der Waals surface area (Å²) in [6.45, 7) is 3.79. The summed E-state index contributed by atoms with van der Waals surface area (Å²) < 4.78 is 33.1. The number of hydrogen-bond donors (Lipinski definition) is 3. The van der Waals surface area contributed by atoms with Gasteiger partial charge in [-0.25, -0.2) is 8.78 Å². The summed E-state index contributed by atoms with van der Waals surface area (Å²) in [5, 5.41) is 11.9. The Hall–Kier alpha value is -3.02. The lowest BCUT2D eigenvalue weighted by Gasteiger charge is -2.30. The Morgan fingerprint density at radius 3 is 2.59 bits per heavy atom. The number of methoxy groups -OCH3 is 1. The summed E-state index contributed by atoms with van der Waals surface area (Å²) in [5.74, 6) is -4.21. The molecule has 0 aliphatic carbocycles. The SMILES string of the molecule is CCOC.NCCCN1CCn2cc(C(=O)NCc3ccc(F)c(Cl)c3F)c(=O)c(O)c2C1=O. The molecule has 1 aliphatic heterocycles. The van der Waals surface area contributed by atoms with E-state index in [1.165, 1.54) is 15.7 Å². The molecule has 4 N–H and O–H groups in total. The molecule has 9 nitrogen and oxygen atoms in total. The van der Waals surface area contributed by atoms with Crippen molar-refractivity contribution in [1.82, 2.24) is 14.8 Å². The maximum atomic E-state index is 14.0. The first-order valence-corrected chi connectivity index (χ1v) is 10.9. The minimum atomic E-state index is -1.02. The smallest absolute Gasteiger partial charge is 0.274 e. The van der Waals surface area contributed by atoms with Crippen LogP contribution in [-0.2, 0) is 17.8 Å².